The summed E-state index contributed by atoms with van der Waals surface area (Å²) in [6, 6.07) is 0. The molecule has 10 heteroatoms. The predicted molar refractivity (Wildman–Crippen MR) is 69.3 cm³/mol. The largest absolute Gasteiger partial charge is 0.409 e. The Morgan fingerprint density at radius 2 is 2.15 bits per heavy atom. The molecule has 4 N–H and O–H groups in total. The van der Waals surface area contributed by atoms with Gasteiger partial charge in [-0.15, -0.1) is 4.73 Å². The van der Waals surface area contributed by atoms with Gasteiger partial charge in [-0.2, -0.15) is 0 Å². The topological polar surface area (TPSA) is 142 Å². The van der Waals surface area contributed by atoms with Crippen molar-refractivity contribution in [2.45, 2.75) is 6.92 Å². The van der Waals surface area contributed by atoms with Gasteiger partial charge >= 0.3 is 13.3 Å². The van der Waals surface area contributed by atoms with Gasteiger partial charge in [0.25, 0.3) is 5.56 Å². The van der Waals surface area contributed by atoms with Crippen LogP contribution in [0.3, 0.4) is 0 Å². The molecular weight excluding hydrogens is 291 g/mol. The zero-order valence-electron chi connectivity index (χ0n) is 10.6. The Balaban J connectivity index is 2.77. The second-order valence-corrected chi connectivity index (χ2v) is 5.54. The molecule has 0 radical (unpaired) electrons. The van der Waals surface area contributed by atoms with Gasteiger partial charge in [-0.05, 0) is 6.92 Å². The number of H-pyrrole nitrogens is 1. The zero-order valence-corrected chi connectivity index (χ0v) is 11.5. The van der Waals surface area contributed by atoms with Crippen LogP contribution in [0.2, 0.25) is 0 Å². The van der Waals surface area contributed by atoms with Crippen LogP contribution in [-0.2, 0) is 4.57 Å². The van der Waals surface area contributed by atoms with Gasteiger partial charge in [0.2, 0.25) is 0 Å². The Morgan fingerprint density at radius 1 is 1.50 bits per heavy atom. The number of aliphatic hydroxyl groups is 1. The molecule has 1 rings (SSSR count). The van der Waals surface area contributed by atoms with Crippen molar-refractivity contribution in [1.82, 2.24) is 9.71 Å². The molecule has 1 aromatic heterocycles. The first-order valence-corrected chi connectivity index (χ1v) is 7.22. The summed E-state index contributed by atoms with van der Waals surface area (Å²) < 4.78 is 11.4. The maximum atomic E-state index is 11.4. The van der Waals surface area contributed by atoms with E-state index in [2.05, 4.69) is 0 Å². The van der Waals surface area contributed by atoms with E-state index in [1.54, 1.807) is 0 Å². The molecule has 0 saturated heterocycles. The van der Waals surface area contributed by atoms with Crippen LogP contribution < -0.4 is 16.1 Å². The molecule has 0 aliphatic carbocycles. The zero-order chi connectivity index (χ0) is 15.3. The number of aliphatic hydroxyl groups excluding tert-OH is 1. The molecule has 9 nitrogen and oxygen atoms in total. The average molecular weight is 306 g/mol. The molecule has 0 unspecified atom stereocenters. The first-order valence-electron chi connectivity index (χ1n) is 5.54. The van der Waals surface area contributed by atoms with Crippen LogP contribution in [0.1, 0.15) is 5.56 Å². The minimum Gasteiger partial charge on any atom is -0.409 e. The molecule has 1 aromatic rings. The smallest absolute Gasteiger partial charge is 0.361 e. The highest BCUT2D eigenvalue weighted by Gasteiger charge is 2.11. The molecule has 0 aromatic carbocycles. The van der Waals surface area contributed by atoms with Gasteiger partial charge in [0.05, 0.1) is 12.8 Å². The van der Waals surface area contributed by atoms with Crippen molar-refractivity contribution in [1.29, 1.82) is 0 Å². The Labute approximate surface area is 113 Å². The third-order valence-electron chi connectivity index (χ3n) is 2.30. The second-order valence-electron chi connectivity index (χ2n) is 4.07. The third kappa shape index (κ3) is 5.14. The minimum absolute atomic E-state index is 0.196. The number of hydrogen-bond acceptors (Lipinski definition) is 5. The van der Waals surface area contributed by atoms with Crippen molar-refractivity contribution in [3.8, 4) is 0 Å². The van der Waals surface area contributed by atoms with Gasteiger partial charge in [-0.3, -0.25) is 14.3 Å². The van der Waals surface area contributed by atoms with Gasteiger partial charge in [0, 0.05) is 17.3 Å². The van der Waals surface area contributed by atoms with Gasteiger partial charge in [0.1, 0.15) is 6.61 Å². The van der Waals surface area contributed by atoms with Gasteiger partial charge in [0.15, 0.2) is 0 Å². The molecule has 20 heavy (non-hydrogen) atoms. The first kappa shape index (κ1) is 16.4. The van der Waals surface area contributed by atoms with Crippen molar-refractivity contribution in [3.05, 3.63) is 44.5 Å². The van der Waals surface area contributed by atoms with E-state index >= 15 is 0 Å². The van der Waals surface area contributed by atoms with Gasteiger partial charge in [-0.1, -0.05) is 6.08 Å². The van der Waals surface area contributed by atoms with E-state index in [4.69, 9.17) is 19.7 Å². The van der Waals surface area contributed by atoms with Crippen molar-refractivity contribution >= 4 is 7.60 Å². The summed E-state index contributed by atoms with van der Waals surface area (Å²) in [5.41, 5.74) is -1.05. The van der Waals surface area contributed by atoms with Crippen molar-refractivity contribution < 1.29 is 24.3 Å². The van der Waals surface area contributed by atoms with Crippen LogP contribution in [0.15, 0.2) is 27.7 Å². The summed E-state index contributed by atoms with van der Waals surface area (Å²) >= 11 is 0. The number of aryl methyl sites for hydroxylation is 1. The normalized spacial score (nSPS) is 13.6. The molecule has 1 heterocycles. The fourth-order valence-electron chi connectivity index (χ4n) is 1.22. The number of rotatable bonds is 6. The van der Waals surface area contributed by atoms with Crippen LogP contribution >= 0.6 is 7.60 Å². The quantitative estimate of drug-likeness (QED) is 0.472. The van der Waals surface area contributed by atoms with Gasteiger partial charge in [-0.25, -0.2) is 4.79 Å². The fourth-order valence-corrected chi connectivity index (χ4v) is 1.69. The molecule has 1 atom stereocenters. The molecule has 0 saturated carbocycles. The Hall–Kier alpha value is -1.67. The molecular formula is C10H15N2O7P. The summed E-state index contributed by atoms with van der Waals surface area (Å²) in [6.07, 6.45) is 2.28. The number of aromatic amines is 1. The van der Waals surface area contributed by atoms with Gasteiger partial charge < -0.3 is 19.7 Å². The lowest BCUT2D eigenvalue weighted by Crippen LogP contribution is -2.36. The number of aromatic nitrogens is 2. The maximum Gasteiger partial charge on any atom is 0.361 e. The highest BCUT2D eigenvalue weighted by molar-refractivity contribution is 7.55. The Morgan fingerprint density at radius 3 is 2.70 bits per heavy atom. The lowest BCUT2D eigenvalue weighted by Gasteiger charge is -2.12. The molecule has 0 amide bonds. The summed E-state index contributed by atoms with van der Waals surface area (Å²) in [5, 5.41) is 9.04. The van der Waals surface area contributed by atoms with E-state index in [1.165, 1.54) is 13.1 Å². The molecule has 112 valence electrons. The number of hydrogen-bond donors (Lipinski definition) is 4. The highest BCUT2D eigenvalue weighted by Crippen LogP contribution is 2.36. The van der Waals surface area contributed by atoms with Crippen molar-refractivity contribution in [3.63, 3.8) is 0 Å². The number of nitrogens with one attached hydrogen (secondary N) is 1. The molecule has 0 aliphatic rings. The molecule has 0 aliphatic heterocycles. The van der Waals surface area contributed by atoms with Crippen LogP contribution in [-0.4, -0.2) is 37.8 Å². The van der Waals surface area contributed by atoms with Crippen LogP contribution in [0.5, 0.6) is 0 Å². The molecule has 0 bridgehead atoms. The number of nitrogens with zero attached hydrogens (tertiary/aromatic N) is 1. The molecule has 0 spiro atoms. The summed E-state index contributed by atoms with van der Waals surface area (Å²) in [5.74, 6) is -0.0558. The van der Waals surface area contributed by atoms with E-state index in [-0.39, 0.29) is 12.2 Å². The van der Waals surface area contributed by atoms with Crippen LogP contribution in [0, 0.1) is 12.8 Å². The first-order chi connectivity index (χ1) is 9.23. The lowest BCUT2D eigenvalue weighted by atomic mass is 10.2. The van der Waals surface area contributed by atoms with E-state index < -0.39 is 31.4 Å². The minimum atomic E-state index is -4.32. The van der Waals surface area contributed by atoms with E-state index in [1.807, 2.05) is 4.98 Å². The van der Waals surface area contributed by atoms with E-state index in [0.29, 0.717) is 5.82 Å². The predicted octanol–water partition coefficient (Wildman–Crippen LogP) is -1.43. The highest BCUT2D eigenvalue weighted by atomic mass is 31.2. The maximum absolute atomic E-state index is 11.4. The monoisotopic (exact) mass is 306 g/mol. The van der Waals surface area contributed by atoms with Crippen molar-refractivity contribution in [2.75, 3.05) is 13.2 Å². The standard InChI is InChI=1S/C10H15N2O7P/c1-7-4-12(10(15)11-9(7)14)19-6-8(5-13)2-3-20(16,17)18/h2-4,8,13H,5-6H2,1H3,(H,11,14,15)(H2,16,17,18)/t8-/m1/s1. The summed E-state index contributed by atoms with van der Waals surface area (Å²) in [4.78, 5) is 46.9. The van der Waals surface area contributed by atoms with Crippen molar-refractivity contribution in [2.24, 2.45) is 5.92 Å². The van der Waals surface area contributed by atoms with E-state index in [0.717, 1.165) is 10.8 Å². The Kier molecular flexibility index (Phi) is 5.46. The Bertz CT molecular complexity index is 642. The lowest BCUT2D eigenvalue weighted by molar-refractivity contribution is 0.0639. The third-order valence-corrected chi connectivity index (χ3v) is 2.86. The fraction of sp³-hybridized carbons (Fsp3) is 0.400. The second kappa shape index (κ2) is 6.67. The van der Waals surface area contributed by atoms with Crippen LogP contribution in [0.4, 0.5) is 0 Å². The summed E-state index contributed by atoms with van der Waals surface area (Å²) in [7, 11) is -4.32. The van der Waals surface area contributed by atoms with Crippen LogP contribution in [0.25, 0.3) is 0 Å². The summed E-state index contributed by atoms with van der Waals surface area (Å²) in [6.45, 7) is 0.862. The SMILES string of the molecule is Cc1cn(OC[C@H](C=CP(=O)(O)O)CO)c(=O)[nH]c1=O. The molecule has 0 fully saturated rings. The average Bonchev–Trinajstić information content (AvgIpc) is 2.34. The van der Waals surface area contributed by atoms with E-state index in [9.17, 15) is 14.2 Å².